The van der Waals surface area contributed by atoms with E-state index in [-0.39, 0.29) is 4.83 Å². The average Bonchev–Trinajstić information content (AvgIpc) is 2.93. The van der Waals surface area contributed by atoms with Gasteiger partial charge in [-0.1, -0.05) is 51.8 Å². The fourth-order valence-corrected chi connectivity index (χ4v) is 3.62. The summed E-state index contributed by atoms with van der Waals surface area (Å²) in [6, 6.07) is 13.2. The van der Waals surface area contributed by atoms with Crippen LogP contribution < -0.4 is 4.74 Å². The molecule has 0 aliphatic heterocycles. The van der Waals surface area contributed by atoms with Crippen LogP contribution in [-0.4, -0.2) is 7.11 Å². The van der Waals surface area contributed by atoms with Gasteiger partial charge in [0, 0.05) is 5.56 Å². The molecule has 1 nitrogen and oxygen atoms in total. The van der Waals surface area contributed by atoms with Gasteiger partial charge in [-0.3, -0.25) is 0 Å². The number of ether oxygens (including phenoxy) is 1. The molecule has 1 unspecified atom stereocenters. The van der Waals surface area contributed by atoms with Crippen molar-refractivity contribution in [3.8, 4) is 5.75 Å². The molecule has 2 heteroatoms. The van der Waals surface area contributed by atoms with Crippen molar-refractivity contribution in [3.63, 3.8) is 0 Å². The Balaban J connectivity index is 2.00. The van der Waals surface area contributed by atoms with Gasteiger partial charge in [-0.05, 0) is 48.9 Å². The topological polar surface area (TPSA) is 9.23 Å². The maximum Gasteiger partial charge on any atom is 0.123 e. The van der Waals surface area contributed by atoms with Gasteiger partial charge in [0.05, 0.1) is 11.9 Å². The van der Waals surface area contributed by atoms with Crippen molar-refractivity contribution in [1.82, 2.24) is 0 Å². The molecule has 3 rings (SSSR count). The molecule has 0 bridgehead atoms. The largest absolute Gasteiger partial charge is 0.496 e. The third kappa shape index (κ3) is 2.49. The number of methoxy groups -OCH3 is 1. The Hall–Kier alpha value is -1.28. The zero-order chi connectivity index (χ0) is 14.1. The van der Waals surface area contributed by atoms with E-state index in [4.69, 9.17) is 4.74 Å². The van der Waals surface area contributed by atoms with Crippen molar-refractivity contribution in [2.45, 2.75) is 31.0 Å². The second kappa shape index (κ2) is 5.61. The SMILES string of the molecule is COc1ccc(C)cc1C(Br)c1ccc2c(c1)CCC2. The maximum absolute atomic E-state index is 5.51. The van der Waals surface area contributed by atoms with Gasteiger partial charge in [0.1, 0.15) is 5.75 Å². The van der Waals surface area contributed by atoms with Gasteiger partial charge in [-0.2, -0.15) is 0 Å². The zero-order valence-corrected chi connectivity index (χ0v) is 13.5. The normalized spacial score (nSPS) is 14.9. The number of halogens is 1. The van der Waals surface area contributed by atoms with Crippen molar-refractivity contribution < 1.29 is 4.74 Å². The Morgan fingerprint density at radius 3 is 2.65 bits per heavy atom. The second-order valence-electron chi connectivity index (χ2n) is 5.49. The number of hydrogen-bond donors (Lipinski definition) is 0. The van der Waals surface area contributed by atoms with Gasteiger partial charge in [-0.15, -0.1) is 0 Å². The quantitative estimate of drug-likeness (QED) is 0.721. The van der Waals surface area contributed by atoms with Crippen molar-refractivity contribution >= 4 is 15.9 Å². The highest BCUT2D eigenvalue weighted by Crippen LogP contribution is 2.38. The first kappa shape index (κ1) is 13.7. The minimum absolute atomic E-state index is 0.184. The summed E-state index contributed by atoms with van der Waals surface area (Å²) in [5, 5.41) is 0. The minimum Gasteiger partial charge on any atom is -0.496 e. The Kier molecular flexibility index (Phi) is 3.84. The third-order valence-electron chi connectivity index (χ3n) is 4.07. The zero-order valence-electron chi connectivity index (χ0n) is 11.9. The maximum atomic E-state index is 5.51. The number of alkyl halides is 1. The highest BCUT2D eigenvalue weighted by atomic mass is 79.9. The smallest absolute Gasteiger partial charge is 0.123 e. The van der Waals surface area contributed by atoms with Crippen LogP contribution in [0.15, 0.2) is 36.4 Å². The van der Waals surface area contributed by atoms with Gasteiger partial charge in [0.25, 0.3) is 0 Å². The Bertz CT molecular complexity index is 633. The van der Waals surface area contributed by atoms with Crippen LogP contribution in [0.1, 0.15) is 39.1 Å². The summed E-state index contributed by atoms with van der Waals surface area (Å²) in [6.07, 6.45) is 3.74. The van der Waals surface area contributed by atoms with Crippen LogP contribution in [0, 0.1) is 6.92 Å². The molecule has 1 aliphatic carbocycles. The Labute approximate surface area is 129 Å². The van der Waals surface area contributed by atoms with Crippen LogP contribution in [0.2, 0.25) is 0 Å². The monoisotopic (exact) mass is 330 g/mol. The molecule has 0 radical (unpaired) electrons. The lowest BCUT2D eigenvalue weighted by Gasteiger charge is -2.16. The molecule has 0 amide bonds. The summed E-state index contributed by atoms with van der Waals surface area (Å²) in [5.74, 6) is 0.943. The third-order valence-corrected chi connectivity index (χ3v) is 5.10. The van der Waals surface area contributed by atoms with Crippen LogP contribution >= 0.6 is 15.9 Å². The van der Waals surface area contributed by atoms with E-state index in [1.165, 1.54) is 47.1 Å². The van der Waals surface area contributed by atoms with Gasteiger partial charge >= 0.3 is 0 Å². The molecule has 2 aromatic carbocycles. The number of benzene rings is 2. The molecule has 0 fully saturated rings. The lowest BCUT2D eigenvalue weighted by atomic mass is 9.99. The van der Waals surface area contributed by atoms with Crippen molar-refractivity contribution in [1.29, 1.82) is 0 Å². The van der Waals surface area contributed by atoms with Crippen LogP contribution in [0.25, 0.3) is 0 Å². The van der Waals surface area contributed by atoms with E-state index in [0.29, 0.717) is 0 Å². The molecule has 104 valence electrons. The highest BCUT2D eigenvalue weighted by molar-refractivity contribution is 9.09. The Morgan fingerprint density at radius 1 is 1.05 bits per heavy atom. The molecule has 0 N–H and O–H groups in total. The molecule has 1 aliphatic rings. The molecular weight excluding hydrogens is 312 g/mol. The number of aryl methyl sites for hydroxylation is 3. The number of rotatable bonds is 3. The van der Waals surface area contributed by atoms with E-state index in [0.717, 1.165) is 5.75 Å². The fourth-order valence-electron chi connectivity index (χ4n) is 2.98. The molecule has 1 atom stereocenters. The van der Waals surface area contributed by atoms with Crippen molar-refractivity contribution in [2.24, 2.45) is 0 Å². The predicted molar refractivity (Wildman–Crippen MR) is 87.0 cm³/mol. The van der Waals surface area contributed by atoms with E-state index in [2.05, 4.69) is 53.2 Å². The van der Waals surface area contributed by atoms with Gasteiger partial charge in [-0.25, -0.2) is 0 Å². The molecule has 0 saturated heterocycles. The number of fused-ring (bicyclic) bond motifs is 1. The first-order chi connectivity index (χ1) is 9.69. The lowest BCUT2D eigenvalue weighted by molar-refractivity contribution is 0.410. The van der Waals surface area contributed by atoms with E-state index < -0.39 is 0 Å². The molecule has 2 aromatic rings. The minimum atomic E-state index is 0.184. The van der Waals surface area contributed by atoms with Gasteiger partial charge < -0.3 is 4.74 Å². The van der Waals surface area contributed by atoms with Crippen molar-refractivity contribution in [3.05, 3.63) is 64.2 Å². The first-order valence-electron chi connectivity index (χ1n) is 7.09. The van der Waals surface area contributed by atoms with Gasteiger partial charge in [0.2, 0.25) is 0 Å². The van der Waals surface area contributed by atoms with Gasteiger partial charge in [0.15, 0.2) is 0 Å². The van der Waals surface area contributed by atoms with E-state index in [1.807, 2.05) is 6.07 Å². The number of hydrogen-bond acceptors (Lipinski definition) is 1. The second-order valence-corrected chi connectivity index (χ2v) is 6.41. The van der Waals surface area contributed by atoms with E-state index >= 15 is 0 Å². The molecule has 0 aromatic heterocycles. The summed E-state index contributed by atoms with van der Waals surface area (Å²) in [4.78, 5) is 0.184. The van der Waals surface area contributed by atoms with Crippen LogP contribution in [0.5, 0.6) is 5.75 Å². The van der Waals surface area contributed by atoms with Crippen LogP contribution in [-0.2, 0) is 12.8 Å². The van der Waals surface area contributed by atoms with E-state index in [1.54, 1.807) is 7.11 Å². The molecular formula is C18H19BrO. The summed E-state index contributed by atoms with van der Waals surface area (Å²) >= 11 is 3.85. The van der Waals surface area contributed by atoms with Crippen molar-refractivity contribution in [2.75, 3.05) is 7.11 Å². The Morgan fingerprint density at radius 2 is 1.85 bits per heavy atom. The summed E-state index contributed by atoms with van der Waals surface area (Å²) in [7, 11) is 1.73. The average molecular weight is 331 g/mol. The summed E-state index contributed by atoms with van der Waals surface area (Å²) in [6.45, 7) is 2.12. The standard InChI is InChI=1S/C18H19BrO/c1-12-6-9-17(20-2)16(10-12)18(19)15-8-7-13-4-3-5-14(13)11-15/h6-11,18H,3-5H2,1-2H3. The summed E-state index contributed by atoms with van der Waals surface area (Å²) < 4.78 is 5.51. The van der Waals surface area contributed by atoms with Crippen LogP contribution in [0.4, 0.5) is 0 Å². The highest BCUT2D eigenvalue weighted by Gasteiger charge is 2.18. The predicted octanol–water partition coefficient (Wildman–Crippen LogP) is 4.98. The lowest BCUT2D eigenvalue weighted by Crippen LogP contribution is -1.99. The molecule has 0 spiro atoms. The van der Waals surface area contributed by atoms with E-state index in [9.17, 15) is 0 Å². The van der Waals surface area contributed by atoms with Crippen LogP contribution in [0.3, 0.4) is 0 Å². The molecule has 0 saturated carbocycles. The summed E-state index contributed by atoms with van der Waals surface area (Å²) in [5.41, 5.74) is 6.80. The molecule has 0 heterocycles. The molecule has 20 heavy (non-hydrogen) atoms. The first-order valence-corrected chi connectivity index (χ1v) is 8.01. The fraction of sp³-hybridized carbons (Fsp3) is 0.333.